The van der Waals surface area contributed by atoms with Gasteiger partial charge < -0.3 is 14.7 Å². The summed E-state index contributed by atoms with van der Waals surface area (Å²) in [7, 11) is 0. The lowest BCUT2D eigenvalue weighted by Gasteiger charge is -2.21. The molecule has 6 nitrogen and oxygen atoms in total. The average Bonchev–Trinajstić information content (AvgIpc) is 3.10. The molecule has 150 valence electrons. The fourth-order valence-corrected chi connectivity index (χ4v) is 3.36. The average molecular weight is 432 g/mol. The number of carbonyl (C=O) groups is 2. The van der Waals surface area contributed by atoms with Gasteiger partial charge in [0.15, 0.2) is 0 Å². The molecule has 1 heterocycles. The van der Waals surface area contributed by atoms with Crippen molar-refractivity contribution in [1.82, 2.24) is 10.1 Å². The molecule has 0 fully saturated rings. The van der Waals surface area contributed by atoms with Crippen molar-refractivity contribution in [3.05, 3.63) is 69.9 Å². The second-order valence-electron chi connectivity index (χ2n) is 6.29. The molecule has 0 saturated heterocycles. The van der Waals surface area contributed by atoms with E-state index in [2.05, 4.69) is 10.5 Å². The van der Waals surface area contributed by atoms with E-state index in [0.29, 0.717) is 39.3 Å². The van der Waals surface area contributed by atoms with Gasteiger partial charge in [-0.25, -0.2) is 0 Å². The summed E-state index contributed by atoms with van der Waals surface area (Å²) < 4.78 is 5.27. The molecule has 0 saturated carbocycles. The lowest BCUT2D eigenvalue weighted by atomic mass is 10.1. The van der Waals surface area contributed by atoms with Crippen molar-refractivity contribution in [2.24, 2.45) is 0 Å². The minimum absolute atomic E-state index is 0.171. The van der Waals surface area contributed by atoms with Crippen LogP contribution in [0.25, 0.3) is 11.3 Å². The molecule has 1 aromatic heterocycles. The van der Waals surface area contributed by atoms with Crippen LogP contribution in [0.4, 0.5) is 5.69 Å². The van der Waals surface area contributed by atoms with Gasteiger partial charge in [-0.3, -0.25) is 9.59 Å². The zero-order valence-electron chi connectivity index (χ0n) is 15.9. The molecule has 0 spiro atoms. The maximum atomic E-state index is 13.2. The summed E-state index contributed by atoms with van der Waals surface area (Å²) in [6.07, 6.45) is 0. The number of anilines is 1. The molecular formula is C21H19Cl2N3O3. The summed E-state index contributed by atoms with van der Waals surface area (Å²) in [5, 5.41) is 7.35. The molecule has 2 amide bonds. The second kappa shape index (κ2) is 9.11. The monoisotopic (exact) mass is 431 g/mol. The van der Waals surface area contributed by atoms with Crippen LogP contribution >= 0.6 is 23.2 Å². The smallest absolute Gasteiger partial charge is 0.260 e. The summed E-state index contributed by atoms with van der Waals surface area (Å²) in [5.41, 5.74) is 1.86. The topological polar surface area (TPSA) is 75.4 Å². The summed E-state index contributed by atoms with van der Waals surface area (Å²) in [6, 6.07) is 14.2. The third-order valence-corrected chi connectivity index (χ3v) is 4.98. The van der Waals surface area contributed by atoms with E-state index in [1.807, 2.05) is 30.3 Å². The maximum Gasteiger partial charge on any atom is 0.260 e. The lowest BCUT2D eigenvalue weighted by Crippen LogP contribution is -2.38. The SMILES string of the molecule is CCN(CC(=O)Nc1c(Cl)cccc1Cl)C(=O)c1c(-c2ccccc2)noc1C. The summed E-state index contributed by atoms with van der Waals surface area (Å²) in [6.45, 7) is 3.61. The van der Waals surface area contributed by atoms with E-state index in [9.17, 15) is 9.59 Å². The fraction of sp³-hybridized carbons (Fsp3) is 0.190. The van der Waals surface area contributed by atoms with E-state index in [-0.39, 0.29) is 12.5 Å². The highest BCUT2D eigenvalue weighted by Gasteiger charge is 2.27. The largest absolute Gasteiger partial charge is 0.360 e. The number of benzene rings is 2. The number of likely N-dealkylation sites (N-methyl/N-ethyl adjacent to an activating group) is 1. The zero-order chi connectivity index (χ0) is 21.0. The summed E-state index contributed by atoms with van der Waals surface area (Å²) in [4.78, 5) is 27.1. The number of aryl methyl sites for hydroxylation is 1. The molecule has 1 N–H and O–H groups in total. The number of para-hydroxylation sites is 1. The van der Waals surface area contributed by atoms with E-state index in [1.165, 1.54) is 4.90 Å². The van der Waals surface area contributed by atoms with Crippen molar-refractivity contribution in [2.45, 2.75) is 13.8 Å². The maximum absolute atomic E-state index is 13.2. The first-order valence-corrected chi connectivity index (χ1v) is 9.72. The summed E-state index contributed by atoms with van der Waals surface area (Å²) in [5.74, 6) is -0.363. The van der Waals surface area contributed by atoms with Crippen LogP contribution in [-0.2, 0) is 4.79 Å². The molecule has 8 heteroatoms. The Morgan fingerprint density at radius 1 is 1.07 bits per heavy atom. The third kappa shape index (κ3) is 4.60. The number of nitrogens with zero attached hydrogens (tertiary/aromatic N) is 2. The van der Waals surface area contributed by atoms with Gasteiger partial charge in [0.05, 0.1) is 15.7 Å². The highest BCUT2D eigenvalue weighted by atomic mass is 35.5. The van der Waals surface area contributed by atoms with Crippen molar-refractivity contribution in [3.8, 4) is 11.3 Å². The predicted octanol–water partition coefficient (Wildman–Crippen LogP) is 5.06. The van der Waals surface area contributed by atoms with Gasteiger partial charge in [0.1, 0.15) is 23.6 Å². The van der Waals surface area contributed by atoms with Gasteiger partial charge in [-0.05, 0) is 26.0 Å². The quantitative estimate of drug-likeness (QED) is 0.591. The van der Waals surface area contributed by atoms with Crippen molar-refractivity contribution in [2.75, 3.05) is 18.4 Å². The van der Waals surface area contributed by atoms with E-state index < -0.39 is 5.91 Å². The second-order valence-corrected chi connectivity index (χ2v) is 7.11. The Hall–Kier alpha value is -2.83. The van der Waals surface area contributed by atoms with E-state index in [0.717, 1.165) is 5.56 Å². The van der Waals surface area contributed by atoms with Crippen LogP contribution in [0.3, 0.4) is 0 Å². The molecule has 0 aliphatic rings. The van der Waals surface area contributed by atoms with Gasteiger partial charge in [-0.2, -0.15) is 0 Å². The number of carbonyl (C=O) groups excluding carboxylic acids is 2. The van der Waals surface area contributed by atoms with E-state index in [4.69, 9.17) is 27.7 Å². The van der Waals surface area contributed by atoms with Crippen LogP contribution in [0.1, 0.15) is 23.0 Å². The van der Waals surface area contributed by atoms with Crippen molar-refractivity contribution in [1.29, 1.82) is 0 Å². The predicted molar refractivity (Wildman–Crippen MR) is 113 cm³/mol. The van der Waals surface area contributed by atoms with Crippen LogP contribution in [0.2, 0.25) is 10.0 Å². The Labute approximate surface area is 178 Å². The highest BCUT2D eigenvalue weighted by Crippen LogP contribution is 2.30. The molecule has 0 aliphatic heterocycles. The van der Waals surface area contributed by atoms with Crippen LogP contribution in [0, 0.1) is 6.92 Å². The van der Waals surface area contributed by atoms with Gasteiger partial charge in [-0.1, -0.05) is 64.8 Å². The molecule has 3 aromatic rings. The van der Waals surface area contributed by atoms with Crippen molar-refractivity contribution < 1.29 is 14.1 Å². The Bertz CT molecular complexity index is 1010. The Kier molecular flexibility index (Phi) is 6.56. The number of hydrogen-bond donors (Lipinski definition) is 1. The van der Waals surface area contributed by atoms with Crippen molar-refractivity contribution >= 4 is 40.7 Å². The molecule has 2 aromatic carbocycles. The van der Waals surface area contributed by atoms with Gasteiger partial charge in [0, 0.05) is 12.1 Å². The number of amides is 2. The number of hydrogen-bond acceptors (Lipinski definition) is 4. The fourth-order valence-electron chi connectivity index (χ4n) is 2.87. The normalized spacial score (nSPS) is 10.6. The Morgan fingerprint density at radius 3 is 2.34 bits per heavy atom. The first kappa shape index (κ1) is 20.9. The number of halogens is 2. The van der Waals surface area contributed by atoms with E-state index >= 15 is 0 Å². The minimum atomic E-state index is -0.412. The molecule has 0 bridgehead atoms. The first-order valence-electron chi connectivity index (χ1n) is 8.97. The molecule has 0 radical (unpaired) electrons. The van der Waals surface area contributed by atoms with Crippen LogP contribution in [0.5, 0.6) is 0 Å². The van der Waals surface area contributed by atoms with E-state index in [1.54, 1.807) is 32.0 Å². The molecule has 0 atom stereocenters. The Balaban J connectivity index is 1.82. The molecule has 29 heavy (non-hydrogen) atoms. The number of rotatable bonds is 6. The van der Waals surface area contributed by atoms with Gasteiger partial charge in [0.2, 0.25) is 5.91 Å². The van der Waals surface area contributed by atoms with Crippen LogP contribution in [-0.4, -0.2) is 35.0 Å². The van der Waals surface area contributed by atoms with Crippen molar-refractivity contribution in [3.63, 3.8) is 0 Å². The van der Waals surface area contributed by atoms with Crippen LogP contribution < -0.4 is 5.32 Å². The zero-order valence-corrected chi connectivity index (χ0v) is 17.4. The number of nitrogens with one attached hydrogen (secondary N) is 1. The molecule has 0 aliphatic carbocycles. The van der Waals surface area contributed by atoms with Gasteiger partial charge in [0.25, 0.3) is 5.91 Å². The van der Waals surface area contributed by atoms with Gasteiger partial charge in [-0.15, -0.1) is 0 Å². The van der Waals surface area contributed by atoms with Gasteiger partial charge >= 0.3 is 0 Å². The van der Waals surface area contributed by atoms with Crippen LogP contribution in [0.15, 0.2) is 53.1 Å². The Morgan fingerprint density at radius 2 is 1.72 bits per heavy atom. The summed E-state index contributed by atoms with van der Waals surface area (Å²) >= 11 is 12.2. The number of aromatic nitrogens is 1. The lowest BCUT2D eigenvalue weighted by molar-refractivity contribution is -0.116. The molecular weight excluding hydrogens is 413 g/mol. The first-order chi connectivity index (χ1) is 13.9. The standard InChI is InChI=1S/C21H19Cl2N3O3/c1-3-26(12-17(27)24-20-15(22)10-7-11-16(20)23)21(28)18-13(2)29-25-19(18)14-8-5-4-6-9-14/h4-11H,3,12H2,1-2H3,(H,24,27). The minimum Gasteiger partial charge on any atom is -0.360 e. The highest BCUT2D eigenvalue weighted by molar-refractivity contribution is 6.39. The third-order valence-electron chi connectivity index (χ3n) is 4.35. The molecule has 0 unspecified atom stereocenters. The molecule has 3 rings (SSSR count).